The Balaban J connectivity index is 1.22. The number of fused-ring (bicyclic) bond motifs is 1. The Morgan fingerprint density at radius 2 is 1.90 bits per heavy atom. The molecule has 1 aromatic carbocycles. The molecule has 0 saturated carbocycles. The molecule has 0 spiro atoms. The second-order valence-corrected chi connectivity index (χ2v) is 7.27. The largest absolute Gasteiger partial charge is 0.454 e. The quantitative estimate of drug-likeness (QED) is 0.619. The zero-order valence-corrected chi connectivity index (χ0v) is 15.7. The van der Waals surface area contributed by atoms with Crippen molar-refractivity contribution in [2.45, 2.75) is 31.7 Å². The monoisotopic (exact) mass is 402 g/mol. The number of ether oxygens (including phenoxy) is 2. The molecular formula is C19H22N4O6. The average molecular weight is 402 g/mol. The number of urea groups is 1. The minimum atomic E-state index is -0.656. The van der Waals surface area contributed by atoms with Crippen LogP contribution >= 0.6 is 0 Å². The van der Waals surface area contributed by atoms with Gasteiger partial charge in [-0.05, 0) is 31.4 Å². The third-order valence-electron chi connectivity index (χ3n) is 5.36. The van der Waals surface area contributed by atoms with Crippen LogP contribution in [0.25, 0.3) is 0 Å². The first-order valence-corrected chi connectivity index (χ1v) is 9.59. The van der Waals surface area contributed by atoms with E-state index < -0.39 is 18.0 Å². The van der Waals surface area contributed by atoms with E-state index in [9.17, 15) is 19.2 Å². The maximum atomic E-state index is 12.5. The Morgan fingerprint density at radius 3 is 2.62 bits per heavy atom. The molecule has 3 heterocycles. The molecule has 3 aliphatic rings. The molecule has 0 aliphatic carbocycles. The van der Waals surface area contributed by atoms with Gasteiger partial charge in [0.25, 0.3) is 5.91 Å². The van der Waals surface area contributed by atoms with Crippen molar-refractivity contribution in [3.8, 4) is 11.5 Å². The Morgan fingerprint density at radius 1 is 1.14 bits per heavy atom. The van der Waals surface area contributed by atoms with Crippen molar-refractivity contribution < 1.29 is 28.7 Å². The first kappa shape index (κ1) is 19.0. The molecule has 29 heavy (non-hydrogen) atoms. The van der Waals surface area contributed by atoms with E-state index in [1.54, 1.807) is 23.1 Å². The number of hydrogen-bond acceptors (Lipinski definition) is 6. The van der Waals surface area contributed by atoms with Gasteiger partial charge in [-0.1, -0.05) is 0 Å². The summed E-state index contributed by atoms with van der Waals surface area (Å²) in [6.07, 6.45) is 1.58. The third kappa shape index (κ3) is 4.25. The van der Waals surface area contributed by atoms with E-state index in [4.69, 9.17) is 9.47 Å². The van der Waals surface area contributed by atoms with Gasteiger partial charge in [0.05, 0.1) is 0 Å². The van der Waals surface area contributed by atoms with Crippen LogP contribution in [0.2, 0.25) is 0 Å². The number of anilines is 1. The highest BCUT2D eigenvalue weighted by Crippen LogP contribution is 2.34. The van der Waals surface area contributed by atoms with E-state index in [0.29, 0.717) is 43.1 Å². The molecule has 4 rings (SSSR count). The van der Waals surface area contributed by atoms with E-state index in [-0.39, 0.29) is 37.4 Å². The smallest absolute Gasteiger partial charge is 0.322 e. The van der Waals surface area contributed by atoms with E-state index in [1.165, 1.54) is 0 Å². The normalized spacial score (nSPS) is 21.0. The van der Waals surface area contributed by atoms with Gasteiger partial charge < -0.3 is 25.0 Å². The summed E-state index contributed by atoms with van der Waals surface area (Å²) in [5.41, 5.74) is 0.648. The second-order valence-electron chi connectivity index (χ2n) is 7.27. The maximum absolute atomic E-state index is 12.5. The lowest BCUT2D eigenvalue weighted by atomic mass is 9.95. The highest BCUT2D eigenvalue weighted by Gasteiger charge is 2.31. The number of carbonyl (C=O) groups is 4. The van der Waals surface area contributed by atoms with Crippen molar-refractivity contribution >= 4 is 29.4 Å². The van der Waals surface area contributed by atoms with Crippen molar-refractivity contribution in [3.63, 3.8) is 0 Å². The molecule has 1 atom stereocenters. The summed E-state index contributed by atoms with van der Waals surface area (Å²) in [5.74, 6) is 0.528. The van der Waals surface area contributed by atoms with Crippen LogP contribution in [0.4, 0.5) is 10.5 Å². The summed E-state index contributed by atoms with van der Waals surface area (Å²) in [4.78, 5) is 49.3. The number of rotatable bonds is 5. The predicted molar refractivity (Wildman–Crippen MR) is 100 cm³/mol. The van der Waals surface area contributed by atoms with Crippen LogP contribution in [0.5, 0.6) is 11.5 Å². The predicted octanol–water partition coefficient (Wildman–Crippen LogP) is 0.581. The summed E-state index contributed by atoms with van der Waals surface area (Å²) in [6, 6.07) is 4.07. The molecule has 3 N–H and O–H groups in total. The van der Waals surface area contributed by atoms with Crippen molar-refractivity contribution in [2.24, 2.45) is 5.92 Å². The number of hydrogen-bond donors (Lipinski definition) is 3. The van der Waals surface area contributed by atoms with Crippen LogP contribution in [0.3, 0.4) is 0 Å². The molecule has 2 fully saturated rings. The summed E-state index contributed by atoms with van der Waals surface area (Å²) < 4.78 is 10.6. The summed E-state index contributed by atoms with van der Waals surface area (Å²) >= 11 is 0. The molecule has 10 heteroatoms. The number of piperidine rings is 1. The highest BCUT2D eigenvalue weighted by molar-refractivity contribution is 6.04. The van der Waals surface area contributed by atoms with Crippen LogP contribution < -0.4 is 25.4 Å². The molecule has 0 aromatic heterocycles. The Bertz CT molecular complexity index is 849. The van der Waals surface area contributed by atoms with E-state index in [0.717, 1.165) is 0 Å². The van der Waals surface area contributed by atoms with Gasteiger partial charge in [0.2, 0.25) is 18.6 Å². The Kier molecular flexibility index (Phi) is 5.24. The van der Waals surface area contributed by atoms with Gasteiger partial charge in [0.1, 0.15) is 6.04 Å². The van der Waals surface area contributed by atoms with Gasteiger partial charge in [-0.3, -0.25) is 19.7 Å². The van der Waals surface area contributed by atoms with Crippen LogP contribution in [0.15, 0.2) is 18.2 Å². The maximum Gasteiger partial charge on any atom is 0.322 e. The van der Waals surface area contributed by atoms with Gasteiger partial charge in [0, 0.05) is 37.2 Å². The molecular weight excluding hydrogens is 380 g/mol. The number of carbonyl (C=O) groups excluding carboxylic acids is 4. The van der Waals surface area contributed by atoms with E-state index in [1.807, 2.05) is 0 Å². The van der Waals surface area contributed by atoms with Crippen molar-refractivity contribution in [1.82, 2.24) is 15.5 Å². The van der Waals surface area contributed by atoms with E-state index >= 15 is 0 Å². The van der Waals surface area contributed by atoms with Gasteiger partial charge in [0.15, 0.2) is 11.5 Å². The van der Waals surface area contributed by atoms with Gasteiger partial charge in [-0.15, -0.1) is 0 Å². The number of benzene rings is 1. The lowest BCUT2D eigenvalue weighted by Gasteiger charge is -2.31. The Labute approximate surface area is 166 Å². The Hall–Kier alpha value is -3.30. The highest BCUT2D eigenvalue weighted by atomic mass is 16.7. The van der Waals surface area contributed by atoms with Crippen LogP contribution in [-0.4, -0.2) is 54.6 Å². The lowest BCUT2D eigenvalue weighted by molar-refractivity contribution is -0.134. The molecule has 10 nitrogen and oxygen atoms in total. The molecule has 1 aromatic rings. The van der Waals surface area contributed by atoms with Crippen LogP contribution in [-0.2, 0) is 14.4 Å². The molecule has 154 valence electrons. The molecule has 2 saturated heterocycles. The minimum Gasteiger partial charge on any atom is -0.454 e. The number of imide groups is 1. The van der Waals surface area contributed by atoms with Crippen molar-refractivity contribution in [2.75, 3.05) is 25.2 Å². The van der Waals surface area contributed by atoms with Gasteiger partial charge in [-0.25, -0.2) is 4.79 Å². The topological polar surface area (TPSA) is 126 Å². The van der Waals surface area contributed by atoms with Gasteiger partial charge in [-0.2, -0.15) is 0 Å². The molecule has 1 unspecified atom stereocenters. The van der Waals surface area contributed by atoms with Crippen LogP contribution in [0, 0.1) is 5.92 Å². The van der Waals surface area contributed by atoms with Crippen LogP contribution in [0.1, 0.15) is 25.7 Å². The van der Waals surface area contributed by atoms with Crippen molar-refractivity contribution in [1.29, 1.82) is 0 Å². The minimum absolute atomic E-state index is 0.0754. The summed E-state index contributed by atoms with van der Waals surface area (Å²) in [6.45, 7) is 1.15. The zero-order chi connectivity index (χ0) is 20.4. The summed E-state index contributed by atoms with van der Waals surface area (Å²) in [5, 5.41) is 7.53. The van der Waals surface area contributed by atoms with E-state index in [2.05, 4.69) is 16.0 Å². The number of likely N-dealkylation sites (tertiary alicyclic amines) is 1. The first-order chi connectivity index (χ1) is 14.0. The second kappa shape index (κ2) is 7.98. The fraction of sp³-hybridized carbons (Fsp3) is 0.474. The standard InChI is InChI=1S/C19H22N4O6/c24-16(4-2-13-18(26)22-19(27)21-13)23-7-5-11(6-8-23)17(25)20-12-1-3-14-15(9-12)29-10-28-14/h1,3,9,11,13H,2,4-8,10H2,(H,20,25)(H2,21,22,26,27). The van der Waals surface area contributed by atoms with Gasteiger partial charge >= 0.3 is 6.03 Å². The average Bonchev–Trinajstić information content (AvgIpc) is 3.31. The lowest BCUT2D eigenvalue weighted by Crippen LogP contribution is -2.42. The number of nitrogens with one attached hydrogen (secondary N) is 3. The first-order valence-electron chi connectivity index (χ1n) is 9.59. The van der Waals surface area contributed by atoms with Crippen molar-refractivity contribution in [3.05, 3.63) is 18.2 Å². The third-order valence-corrected chi connectivity index (χ3v) is 5.36. The number of amides is 5. The fourth-order valence-electron chi connectivity index (χ4n) is 3.70. The summed E-state index contributed by atoms with van der Waals surface area (Å²) in [7, 11) is 0. The SMILES string of the molecule is O=C1NC(=O)C(CCC(=O)N2CCC(C(=O)Nc3ccc4c(c3)OCO4)CC2)N1. The molecule has 5 amide bonds. The zero-order valence-electron chi connectivity index (χ0n) is 15.7. The molecule has 3 aliphatic heterocycles. The molecule has 0 radical (unpaired) electrons. The number of nitrogens with zero attached hydrogens (tertiary/aromatic N) is 1. The molecule has 0 bridgehead atoms. The fourth-order valence-corrected chi connectivity index (χ4v) is 3.70.